The van der Waals surface area contributed by atoms with Crippen LogP contribution in [0.5, 0.6) is 0 Å². The highest BCUT2D eigenvalue weighted by atomic mass is 35.5. The summed E-state index contributed by atoms with van der Waals surface area (Å²) in [7, 11) is 1.72. The Labute approximate surface area is 160 Å². The summed E-state index contributed by atoms with van der Waals surface area (Å²) < 4.78 is 18.3. The molecule has 1 unspecified atom stereocenters. The third-order valence-electron chi connectivity index (χ3n) is 4.51. The number of benzene rings is 1. The highest BCUT2D eigenvalue weighted by Crippen LogP contribution is 2.28. The van der Waals surface area contributed by atoms with Crippen molar-refractivity contribution in [2.75, 3.05) is 39.1 Å². The molecule has 0 radical (unpaired) electrons. The third kappa shape index (κ3) is 7.13. The predicted octanol–water partition coefficient (Wildman–Crippen LogP) is 3.11. The lowest BCUT2D eigenvalue weighted by molar-refractivity contribution is -0.124. The number of amides is 1. The molecular weight excluding hydrogens is 363 g/mol. The van der Waals surface area contributed by atoms with Crippen LogP contribution < -0.4 is 10.6 Å². The van der Waals surface area contributed by atoms with Gasteiger partial charge < -0.3 is 15.4 Å². The van der Waals surface area contributed by atoms with Gasteiger partial charge >= 0.3 is 0 Å². The third-order valence-corrected chi connectivity index (χ3v) is 5.79. The number of hydrogen-bond acceptors (Lipinski definition) is 4. The van der Waals surface area contributed by atoms with E-state index in [1.807, 2.05) is 6.92 Å². The number of carbonyl (C=O) groups is 1. The molecule has 7 heteroatoms. The SMILES string of the molecule is COCC1(CNC(=O)C(C)CSc2ccc(F)cc2)CCNCC1.Cl. The predicted molar refractivity (Wildman–Crippen MR) is 103 cm³/mol. The molecule has 0 aliphatic carbocycles. The summed E-state index contributed by atoms with van der Waals surface area (Å²) in [6.07, 6.45) is 2.03. The van der Waals surface area contributed by atoms with Crippen molar-refractivity contribution >= 4 is 30.1 Å². The lowest BCUT2D eigenvalue weighted by atomic mass is 9.79. The summed E-state index contributed by atoms with van der Waals surface area (Å²) in [6.45, 7) is 5.20. The van der Waals surface area contributed by atoms with Crippen molar-refractivity contribution in [3.63, 3.8) is 0 Å². The maximum absolute atomic E-state index is 12.9. The first-order valence-electron chi connectivity index (χ1n) is 8.40. The lowest BCUT2D eigenvalue weighted by Crippen LogP contribution is -2.48. The summed E-state index contributed by atoms with van der Waals surface area (Å²) >= 11 is 1.57. The van der Waals surface area contributed by atoms with Gasteiger partial charge in [-0.05, 0) is 50.2 Å². The minimum absolute atomic E-state index is 0. The van der Waals surface area contributed by atoms with E-state index in [-0.39, 0.29) is 35.5 Å². The number of nitrogens with one attached hydrogen (secondary N) is 2. The highest BCUT2D eigenvalue weighted by molar-refractivity contribution is 7.99. The van der Waals surface area contributed by atoms with Crippen LogP contribution in [0.4, 0.5) is 4.39 Å². The molecule has 1 aliphatic rings. The van der Waals surface area contributed by atoms with Crippen molar-refractivity contribution < 1.29 is 13.9 Å². The van der Waals surface area contributed by atoms with Gasteiger partial charge in [-0.15, -0.1) is 24.2 Å². The van der Waals surface area contributed by atoms with Gasteiger partial charge in [-0.25, -0.2) is 4.39 Å². The molecule has 2 rings (SSSR count). The zero-order chi connectivity index (χ0) is 17.4. The minimum atomic E-state index is -0.240. The molecule has 1 heterocycles. The molecular formula is C18H28ClFN2O2S. The zero-order valence-corrected chi connectivity index (χ0v) is 16.5. The van der Waals surface area contributed by atoms with Crippen LogP contribution >= 0.6 is 24.2 Å². The fourth-order valence-corrected chi connectivity index (χ4v) is 3.83. The van der Waals surface area contributed by atoms with Crippen LogP contribution in [-0.4, -0.2) is 45.0 Å². The van der Waals surface area contributed by atoms with E-state index >= 15 is 0 Å². The maximum atomic E-state index is 12.9. The van der Waals surface area contributed by atoms with Gasteiger partial charge in [0.25, 0.3) is 0 Å². The van der Waals surface area contributed by atoms with Gasteiger partial charge in [-0.3, -0.25) is 4.79 Å². The van der Waals surface area contributed by atoms with Crippen molar-refractivity contribution in [3.05, 3.63) is 30.1 Å². The topological polar surface area (TPSA) is 50.4 Å². The van der Waals surface area contributed by atoms with E-state index in [9.17, 15) is 9.18 Å². The van der Waals surface area contributed by atoms with E-state index < -0.39 is 0 Å². The average Bonchev–Trinajstić information content (AvgIpc) is 2.60. The molecule has 1 atom stereocenters. The van der Waals surface area contributed by atoms with E-state index in [1.165, 1.54) is 12.1 Å². The van der Waals surface area contributed by atoms with Crippen LogP contribution in [0.3, 0.4) is 0 Å². The molecule has 1 saturated heterocycles. The minimum Gasteiger partial charge on any atom is -0.384 e. The second kappa shape index (κ2) is 11.0. The van der Waals surface area contributed by atoms with Crippen molar-refractivity contribution in [1.29, 1.82) is 0 Å². The number of piperidine rings is 1. The number of thioether (sulfide) groups is 1. The van der Waals surface area contributed by atoms with Gasteiger partial charge in [0.2, 0.25) is 5.91 Å². The molecule has 2 N–H and O–H groups in total. The van der Waals surface area contributed by atoms with E-state index in [4.69, 9.17) is 4.74 Å². The Hall–Kier alpha value is -0.820. The first kappa shape index (κ1) is 22.2. The van der Waals surface area contributed by atoms with E-state index in [0.29, 0.717) is 18.9 Å². The van der Waals surface area contributed by atoms with Crippen molar-refractivity contribution in [2.24, 2.45) is 11.3 Å². The van der Waals surface area contributed by atoms with Crippen LogP contribution in [-0.2, 0) is 9.53 Å². The zero-order valence-electron chi connectivity index (χ0n) is 14.8. The molecule has 0 spiro atoms. The molecule has 1 amide bonds. The van der Waals surface area contributed by atoms with Crippen molar-refractivity contribution in [1.82, 2.24) is 10.6 Å². The lowest BCUT2D eigenvalue weighted by Gasteiger charge is -2.37. The van der Waals surface area contributed by atoms with Crippen molar-refractivity contribution in [2.45, 2.75) is 24.7 Å². The van der Waals surface area contributed by atoms with Gasteiger partial charge in [0.1, 0.15) is 5.82 Å². The Morgan fingerprint density at radius 3 is 2.60 bits per heavy atom. The largest absolute Gasteiger partial charge is 0.384 e. The standard InChI is InChI=1S/C18H27FN2O2S.ClH/c1-14(11-24-16-5-3-15(19)4-6-16)17(22)21-12-18(13-23-2)7-9-20-10-8-18;/h3-6,14,20H,7-13H2,1-2H3,(H,21,22);1H. The fraction of sp³-hybridized carbons (Fsp3) is 0.611. The Morgan fingerprint density at radius 1 is 1.36 bits per heavy atom. The smallest absolute Gasteiger partial charge is 0.223 e. The second-order valence-electron chi connectivity index (χ2n) is 6.57. The molecule has 25 heavy (non-hydrogen) atoms. The molecule has 1 aromatic rings. The Kier molecular flexibility index (Phi) is 9.79. The second-order valence-corrected chi connectivity index (χ2v) is 7.66. The number of carbonyl (C=O) groups excluding carboxylic acids is 1. The highest BCUT2D eigenvalue weighted by Gasteiger charge is 2.32. The molecule has 0 saturated carbocycles. The van der Waals surface area contributed by atoms with E-state index in [0.717, 1.165) is 30.8 Å². The number of halogens is 2. The Morgan fingerprint density at radius 2 is 2.00 bits per heavy atom. The summed E-state index contributed by atoms with van der Waals surface area (Å²) in [5, 5.41) is 6.46. The molecule has 0 aromatic heterocycles. The van der Waals surface area contributed by atoms with Gasteiger partial charge in [0.15, 0.2) is 0 Å². The molecule has 1 fully saturated rings. The first-order valence-corrected chi connectivity index (χ1v) is 9.39. The van der Waals surface area contributed by atoms with E-state index in [2.05, 4.69) is 10.6 Å². The monoisotopic (exact) mass is 390 g/mol. The maximum Gasteiger partial charge on any atom is 0.223 e. The molecule has 0 bridgehead atoms. The van der Waals surface area contributed by atoms with Crippen molar-refractivity contribution in [3.8, 4) is 0 Å². The van der Waals surface area contributed by atoms with Gasteiger partial charge in [0, 0.05) is 35.6 Å². The fourth-order valence-electron chi connectivity index (χ4n) is 2.91. The van der Waals surface area contributed by atoms with Crippen LogP contribution in [0.1, 0.15) is 19.8 Å². The quantitative estimate of drug-likeness (QED) is 0.669. The first-order chi connectivity index (χ1) is 11.5. The van der Waals surface area contributed by atoms with Crippen LogP contribution in [0.2, 0.25) is 0 Å². The van der Waals surface area contributed by atoms with E-state index in [1.54, 1.807) is 31.0 Å². The summed E-state index contributed by atoms with van der Waals surface area (Å²) in [5.74, 6) is 0.409. The summed E-state index contributed by atoms with van der Waals surface area (Å²) in [5.41, 5.74) is 0.0412. The molecule has 142 valence electrons. The van der Waals surface area contributed by atoms with Gasteiger partial charge in [-0.2, -0.15) is 0 Å². The van der Waals surface area contributed by atoms with Gasteiger partial charge in [0.05, 0.1) is 6.61 Å². The summed E-state index contributed by atoms with van der Waals surface area (Å²) in [6, 6.07) is 6.37. The molecule has 1 aliphatic heterocycles. The number of ether oxygens (including phenoxy) is 1. The van der Waals surface area contributed by atoms with Crippen LogP contribution in [0, 0.1) is 17.2 Å². The normalized spacial score (nSPS) is 17.4. The Balaban J connectivity index is 0.00000312. The Bertz CT molecular complexity index is 519. The number of rotatable bonds is 8. The van der Waals surface area contributed by atoms with Gasteiger partial charge in [-0.1, -0.05) is 6.92 Å². The van der Waals surface area contributed by atoms with Crippen LogP contribution in [0.15, 0.2) is 29.2 Å². The number of methoxy groups -OCH3 is 1. The average molecular weight is 391 g/mol. The summed E-state index contributed by atoms with van der Waals surface area (Å²) in [4.78, 5) is 13.3. The molecule has 1 aromatic carbocycles. The molecule has 4 nitrogen and oxygen atoms in total. The van der Waals surface area contributed by atoms with Crippen LogP contribution in [0.25, 0.3) is 0 Å². The number of hydrogen-bond donors (Lipinski definition) is 2.